The van der Waals surface area contributed by atoms with Crippen LogP contribution in [-0.2, 0) is 24.9 Å². The number of nitrogens with one attached hydrogen (secondary N) is 2. The lowest BCUT2D eigenvalue weighted by atomic mass is 9.94. The van der Waals surface area contributed by atoms with Gasteiger partial charge in [0.15, 0.2) is 5.96 Å². The van der Waals surface area contributed by atoms with E-state index in [0.717, 1.165) is 43.6 Å². The van der Waals surface area contributed by atoms with Crippen molar-refractivity contribution >= 4 is 5.96 Å². The molecule has 0 aliphatic heterocycles. The third-order valence-electron chi connectivity index (χ3n) is 6.07. The zero-order valence-electron chi connectivity index (χ0n) is 17.1. The summed E-state index contributed by atoms with van der Waals surface area (Å²) < 4.78 is 2.06. The Morgan fingerprint density at radius 2 is 2.14 bits per heavy atom. The van der Waals surface area contributed by atoms with E-state index < -0.39 is 5.60 Å². The topological polar surface area (TPSA) is 74.5 Å². The molecule has 1 heterocycles. The number of fused-ring (bicyclic) bond motifs is 2. The van der Waals surface area contributed by atoms with Crippen molar-refractivity contribution in [3.05, 3.63) is 52.8 Å². The highest BCUT2D eigenvalue weighted by molar-refractivity contribution is 5.80. The monoisotopic (exact) mass is 381 g/mol. The first-order valence-corrected chi connectivity index (χ1v) is 10.3. The third-order valence-corrected chi connectivity index (χ3v) is 6.07. The zero-order valence-corrected chi connectivity index (χ0v) is 17.1. The Kier molecular flexibility index (Phi) is 5.15. The fourth-order valence-electron chi connectivity index (χ4n) is 4.37. The van der Waals surface area contributed by atoms with Crippen LogP contribution in [0.15, 0.2) is 35.5 Å². The van der Waals surface area contributed by atoms with Crippen molar-refractivity contribution in [2.75, 3.05) is 13.6 Å². The molecule has 0 amide bonds. The van der Waals surface area contributed by atoms with Gasteiger partial charge in [-0.05, 0) is 56.2 Å². The molecule has 0 saturated heterocycles. The van der Waals surface area contributed by atoms with E-state index in [1.54, 1.807) is 7.05 Å². The van der Waals surface area contributed by atoms with Gasteiger partial charge < -0.3 is 15.7 Å². The molecule has 0 bridgehead atoms. The van der Waals surface area contributed by atoms with Crippen molar-refractivity contribution in [2.45, 2.75) is 63.6 Å². The number of aliphatic hydroxyl groups is 1. The maximum Gasteiger partial charge on any atom is 0.191 e. The van der Waals surface area contributed by atoms with E-state index in [-0.39, 0.29) is 0 Å². The van der Waals surface area contributed by atoms with Crippen molar-refractivity contribution in [1.82, 2.24) is 20.4 Å². The van der Waals surface area contributed by atoms with Crippen LogP contribution in [-0.4, -0.2) is 40.5 Å². The summed E-state index contributed by atoms with van der Waals surface area (Å²) in [6.07, 6.45) is 6.86. The molecule has 2 aliphatic carbocycles. The number of hydrogen-bond donors (Lipinski definition) is 3. The Labute approximate surface area is 167 Å². The van der Waals surface area contributed by atoms with Crippen molar-refractivity contribution in [1.29, 1.82) is 0 Å². The summed E-state index contributed by atoms with van der Waals surface area (Å²) in [5.74, 6) is 0.745. The molecule has 2 aromatic rings. The molecule has 1 aromatic carbocycles. The van der Waals surface area contributed by atoms with E-state index in [0.29, 0.717) is 18.6 Å². The lowest BCUT2D eigenvalue weighted by Crippen LogP contribution is -2.49. The number of aromatic nitrogens is 2. The highest BCUT2D eigenvalue weighted by Gasteiger charge is 2.36. The van der Waals surface area contributed by atoms with E-state index in [2.05, 4.69) is 46.4 Å². The number of nitrogens with zero attached hydrogens (tertiary/aromatic N) is 3. The van der Waals surface area contributed by atoms with Gasteiger partial charge in [-0.15, -0.1) is 0 Å². The van der Waals surface area contributed by atoms with E-state index in [1.165, 1.54) is 16.8 Å². The molecule has 0 saturated carbocycles. The standard InChI is InChI=1S/C22H31N5O/c1-15(2)27-13-17-8-9-18(12-20(17)26-27)25-21(23-3)24-14-22(28)11-10-16-6-4-5-7-19(16)22/h4-7,13,15,18,28H,8-12,14H2,1-3H3,(H2,23,24,25). The van der Waals surface area contributed by atoms with Crippen LogP contribution < -0.4 is 10.6 Å². The average molecular weight is 382 g/mol. The van der Waals surface area contributed by atoms with E-state index in [4.69, 9.17) is 5.10 Å². The molecule has 2 aliphatic rings. The highest BCUT2D eigenvalue weighted by atomic mass is 16.3. The molecule has 1 aromatic heterocycles. The van der Waals surface area contributed by atoms with Crippen LogP contribution in [0.5, 0.6) is 0 Å². The Morgan fingerprint density at radius 3 is 2.93 bits per heavy atom. The van der Waals surface area contributed by atoms with Gasteiger partial charge in [-0.25, -0.2) is 0 Å². The largest absolute Gasteiger partial charge is 0.383 e. The second kappa shape index (κ2) is 7.59. The minimum atomic E-state index is -0.829. The number of rotatable bonds is 4. The molecule has 150 valence electrons. The van der Waals surface area contributed by atoms with Gasteiger partial charge in [0.1, 0.15) is 5.60 Å². The maximum absolute atomic E-state index is 11.1. The molecular formula is C22H31N5O. The second-order valence-corrected chi connectivity index (χ2v) is 8.37. The summed E-state index contributed by atoms with van der Waals surface area (Å²) in [4.78, 5) is 4.38. The van der Waals surface area contributed by atoms with Gasteiger partial charge in [0.05, 0.1) is 12.2 Å². The normalized spacial score (nSPS) is 24.2. The molecular weight excluding hydrogens is 350 g/mol. The first-order valence-electron chi connectivity index (χ1n) is 10.3. The summed E-state index contributed by atoms with van der Waals surface area (Å²) in [5, 5.41) is 22.8. The predicted octanol–water partition coefficient (Wildman–Crippen LogP) is 2.32. The van der Waals surface area contributed by atoms with Crippen LogP contribution in [0.25, 0.3) is 0 Å². The van der Waals surface area contributed by atoms with Crippen LogP contribution >= 0.6 is 0 Å². The van der Waals surface area contributed by atoms with Crippen molar-refractivity contribution < 1.29 is 5.11 Å². The Hall–Kier alpha value is -2.34. The van der Waals surface area contributed by atoms with Gasteiger partial charge >= 0.3 is 0 Å². The summed E-state index contributed by atoms with van der Waals surface area (Å²) in [6, 6.07) is 8.87. The molecule has 6 heteroatoms. The molecule has 3 N–H and O–H groups in total. The van der Waals surface area contributed by atoms with Gasteiger partial charge in [-0.2, -0.15) is 5.10 Å². The van der Waals surface area contributed by atoms with Gasteiger partial charge in [-0.1, -0.05) is 24.3 Å². The quantitative estimate of drug-likeness (QED) is 0.561. The van der Waals surface area contributed by atoms with Gasteiger partial charge in [0, 0.05) is 31.7 Å². The fourth-order valence-corrected chi connectivity index (χ4v) is 4.37. The molecule has 4 rings (SSSR count). The summed E-state index contributed by atoms with van der Waals surface area (Å²) in [7, 11) is 1.78. The minimum Gasteiger partial charge on any atom is -0.383 e. The zero-order chi connectivity index (χ0) is 19.7. The molecule has 0 spiro atoms. The number of aliphatic imine (C=N–C) groups is 1. The first-order chi connectivity index (χ1) is 13.5. The van der Waals surface area contributed by atoms with Gasteiger partial charge in [-0.3, -0.25) is 9.67 Å². The lowest BCUT2D eigenvalue weighted by molar-refractivity contribution is 0.0431. The minimum absolute atomic E-state index is 0.305. The number of guanidine groups is 1. The Balaban J connectivity index is 1.37. The summed E-state index contributed by atoms with van der Waals surface area (Å²) in [5.41, 5.74) is 4.02. The number of benzene rings is 1. The molecule has 6 nitrogen and oxygen atoms in total. The van der Waals surface area contributed by atoms with E-state index in [1.807, 2.05) is 18.2 Å². The Bertz CT molecular complexity index is 872. The third kappa shape index (κ3) is 3.65. The van der Waals surface area contributed by atoms with Crippen LogP contribution in [0.4, 0.5) is 0 Å². The molecule has 2 unspecified atom stereocenters. The lowest BCUT2D eigenvalue weighted by Gasteiger charge is -2.28. The number of aryl methyl sites for hydroxylation is 2. The van der Waals surface area contributed by atoms with Crippen LogP contribution in [0, 0.1) is 0 Å². The van der Waals surface area contributed by atoms with Crippen LogP contribution in [0.3, 0.4) is 0 Å². The van der Waals surface area contributed by atoms with Crippen molar-refractivity contribution in [3.63, 3.8) is 0 Å². The fraction of sp³-hybridized carbons (Fsp3) is 0.545. The van der Waals surface area contributed by atoms with Crippen molar-refractivity contribution in [2.24, 2.45) is 4.99 Å². The first kappa shape index (κ1) is 19.0. The summed E-state index contributed by atoms with van der Waals surface area (Å²) >= 11 is 0. The van der Waals surface area contributed by atoms with Crippen molar-refractivity contribution in [3.8, 4) is 0 Å². The number of hydrogen-bond acceptors (Lipinski definition) is 3. The highest BCUT2D eigenvalue weighted by Crippen LogP contribution is 2.36. The second-order valence-electron chi connectivity index (χ2n) is 8.37. The van der Waals surface area contributed by atoms with Gasteiger partial charge in [0.25, 0.3) is 0 Å². The van der Waals surface area contributed by atoms with E-state index in [9.17, 15) is 5.11 Å². The predicted molar refractivity (Wildman–Crippen MR) is 112 cm³/mol. The van der Waals surface area contributed by atoms with Crippen LogP contribution in [0.1, 0.15) is 55.1 Å². The summed E-state index contributed by atoms with van der Waals surface area (Å²) in [6.45, 7) is 4.78. The SMILES string of the molecule is CN=C(NCC1(O)CCc2ccccc21)NC1CCc2cn(C(C)C)nc2C1. The maximum atomic E-state index is 11.1. The van der Waals surface area contributed by atoms with Gasteiger partial charge in [0.2, 0.25) is 0 Å². The molecule has 2 atom stereocenters. The molecule has 28 heavy (non-hydrogen) atoms. The smallest absolute Gasteiger partial charge is 0.191 e. The molecule has 0 fully saturated rings. The molecule has 0 radical (unpaired) electrons. The van der Waals surface area contributed by atoms with E-state index >= 15 is 0 Å². The average Bonchev–Trinajstić information content (AvgIpc) is 3.27. The van der Waals surface area contributed by atoms with Crippen LogP contribution in [0.2, 0.25) is 0 Å². The Morgan fingerprint density at radius 1 is 1.32 bits per heavy atom.